The Labute approximate surface area is 119 Å². The van der Waals surface area contributed by atoms with Crippen molar-refractivity contribution in [3.05, 3.63) is 36.1 Å². The van der Waals surface area contributed by atoms with Crippen LogP contribution in [-0.2, 0) is 0 Å². The summed E-state index contributed by atoms with van der Waals surface area (Å²) in [6.07, 6.45) is 1.13. The van der Waals surface area contributed by atoms with Crippen molar-refractivity contribution in [1.29, 1.82) is 0 Å². The first-order valence-corrected chi connectivity index (χ1v) is 7.04. The van der Waals surface area contributed by atoms with Gasteiger partial charge in [0.15, 0.2) is 5.76 Å². The number of likely N-dealkylation sites (tertiary alicyclic amines) is 1. The van der Waals surface area contributed by atoms with E-state index in [9.17, 15) is 4.79 Å². The first-order valence-electron chi connectivity index (χ1n) is 7.04. The summed E-state index contributed by atoms with van der Waals surface area (Å²) >= 11 is 0. The van der Waals surface area contributed by atoms with E-state index < -0.39 is 0 Å². The van der Waals surface area contributed by atoms with Crippen molar-refractivity contribution in [1.82, 2.24) is 9.80 Å². The molecule has 4 heteroatoms. The van der Waals surface area contributed by atoms with Crippen LogP contribution in [0.4, 0.5) is 0 Å². The maximum absolute atomic E-state index is 12.3. The summed E-state index contributed by atoms with van der Waals surface area (Å²) in [5, 5.41) is 0.989. The average Bonchev–Trinajstić information content (AvgIpc) is 3.04. The van der Waals surface area contributed by atoms with Gasteiger partial charge in [-0.2, -0.15) is 0 Å². The second-order valence-corrected chi connectivity index (χ2v) is 5.71. The van der Waals surface area contributed by atoms with Gasteiger partial charge in [-0.15, -0.1) is 0 Å². The summed E-state index contributed by atoms with van der Waals surface area (Å²) in [5.74, 6) is 0.542. The van der Waals surface area contributed by atoms with Gasteiger partial charge in [-0.3, -0.25) is 9.69 Å². The molecule has 0 amide bonds. The SMILES string of the molecule is CN(C)C1CCN(CC(=O)c2cc3ccccc3o2)C1. The predicted molar refractivity (Wildman–Crippen MR) is 79.1 cm³/mol. The first kappa shape index (κ1) is 13.3. The van der Waals surface area contributed by atoms with Crippen molar-refractivity contribution in [3.63, 3.8) is 0 Å². The normalized spacial score (nSPS) is 20.1. The summed E-state index contributed by atoms with van der Waals surface area (Å²) in [6.45, 7) is 2.39. The van der Waals surface area contributed by atoms with Gasteiger partial charge in [0.1, 0.15) is 5.58 Å². The first-order chi connectivity index (χ1) is 9.63. The van der Waals surface area contributed by atoms with E-state index in [-0.39, 0.29) is 5.78 Å². The largest absolute Gasteiger partial charge is 0.453 e. The summed E-state index contributed by atoms with van der Waals surface area (Å²) in [6, 6.07) is 10.1. The number of fused-ring (bicyclic) bond motifs is 1. The Morgan fingerprint density at radius 1 is 1.40 bits per heavy atom. The maximum atomic E-state index is 12.3. The van der Waals surface area contributed by atoms with E-state index in [1.165, 1.54) is 0 Å². The third kappa shape index (κ3) is 2.62. The highest BCUT2D eigenvalue weighted by Gasteiger charge is 2.26. The molecule has 2 aromatic rings. The lowest BCUT2D eigenvalue weighted by Gasteiger charge is -2.19. The van der Waals surface area contributed by atoms with Gasteiger partial charge in [0.2, 0.25) is 5.78 Å². The van der Waals surface area contributed by atoms with E-state index in [0.717, 1.165) is 30.5 Å². The minimum atomic E-state index is 0.0700. The van der Waals surface area contributed by atoms with E-state index in [1.807, 2.05) is 30.3 Å². The Balaban J connectivity index is 1.67. The van der Waals surface area contributed by atoms with E-state index in [4.69, 9.17) is 4.42 Å². The van der Waals surface area contributed by atoms with Crippen LogP contribution >= 0.6 is 0 Å². The molecule has 0 N–H and O–H groups in total. The van der Waals surface area contributed by atoms with Crippen molar-refractivity contribution in [2.24, 2.45) is 0 Å². The topological polar surface area (TPSA) is 36.7 Å². The zero-order valence-electron chi connectivity index (χ0n) is 12.0. The molecule has 20 heavy (non-hydrogen) atoms. The highest BCUT2D eigenvalue weighted by Crippen LogP contribution is 2.20. The van der Waals surface area contributed by atoms with E-state index in [1.54, 1.807) is 0 Å². The number of rotatable bonds is 4. The fourth-order valence-corrected chi connectivity index (χ4v) is 2.78. The molecule has 4 nitrogen and oxygen atoms in total. The number of carbonyl (C=O) groups is 1. The summed E-state index contributed by atoms with van der Waals surface area (Å²) in [7, 11) is 4.18. The third-order valence-electron chi connectivity index (χ3n) is 4.05. The van der Waals surface area contributed by atoms with Gasteiger partial charge in [0.25, 0.3) is 0 Å². The number of likely N-dealkylation sites (N-methyl/N-ethyl adjacent to an activating group) is 1. The fraction of sp³-hybridized carbons (Fsp3) is 0.438. The number of Topliss-reactive ketones (excluding diaryl/α,β-unsaturated/α-hetero) is 1. The number of para-hydroxylation sites is 1. The van der Waals surface area contributed by atoms with Gasteiger partial charge in [-0.05, 0) is 32.6 Å². The lowest BCUT2D eigenvalue weighted by atomic mass is 10.2. The molecule has 0 spiro atoms. The van der Waals surface area contributed by atoms with Crippen LogP contribution in [0.2, 0.25) is 0 Å². The van der Waals surface area contributed by atoms with E-state index in [0.29, 0.717) is 18.3 Å². The lowest BCUT2D eigenvalue weighted by Crippen LogP contribution is -2.33. The Bertz CT molecular complexity index is 585. The Morgan fingerprint density at radius 3 is 2.90 bits per heavy atom. The minimum Gasteiger partial charge on any atom is -0.453 e. The van der Waals surface area contributed by atoms with Crippen molar-refractivity contribution in [3.8, 4) is 0 Å². The van der Waals surface area contributed by atoms with Crippen LogP contribution in [0.3, 0.4) is 0 Å². The third-order valence-corrected chi connectivity index (χ3v) is 4.05. The van der Waals surface area contributed by atoms with Gasteiger partial charge < -0.3 is 9.32 Å². The molecule has 0 aliphatic carbocycles. The fourth-order valence-electron chi connectivity index (χ4n) is 2.78. The molecule has 1 aliphatic heterocycles. The molecule has 1 saturated heterocycles. The van der Waals surface area contributed by atoms with Crippen LogP contribution in [0.5, 0.6) is 0 Å². The van der Waals surface area contributed by atoms with Crippen LogP contribution in [0.25, 0.3) is 11.0 Å². The average molecular weight is 272 g/mol. The number of carbonyl (C=O) groups excluding carboxylic acids is 1. The molecule has 1 aliphatic rings. The number of hydrogen-bond donors (Lipinski definition) is 0. The zero-order chi connectivity index (χ0) is 14.1. The standard InChI is InChI=1S/C16H20N2O2/c1-17(2)13-7-8-18(10-13)11-14(19)16-9-12-5-3-4-6-15(12)20-16/h3-6,9,13H,7-8,10-11H2,1-2H3. The molecule has 3 rings (SSSR count). The lowest BCUT2D eigenvalue weighted by molar-refractivity contribution is 0.0916. The van der Waals surface area contributed by atoms with E-state index >= 15 is 0 Å². The second kappa shape index (κ2) is 5.38. The van der Waals surface area contributed by atoms with Crippen LogP contribution in [0.15, 0.2) is 34.7 Å². The van der Waals surface area contributed by atoms with Gasteiger partial charge in [0, 0.05) is 24.5 Å². The molecular weight excluding hydrogens is 252 g/mol. The summed E-state index contributed by atoms with van der Waals surface area (Å²) in [5.41, 5.74) is 0.781. The Kier molecular flexibility index (Phi) is 3.59. The molecule has 106 valence electrons. The summed E-state index contributed by atoms with van der Waals surface area (Å²) in [4.78, 5) is 16.7. The van der Waals surface area contributed by atoms with Crippen molar-refractivity contribution < 1.29 is 9.21 Å². The molecule has 2 heterocycles. The molecule has 0 bridgehead atoms. The predicted octanol–water partition coefficient (Wildman–Crippen LogP) is 2.25. The molecule has 1 unspecified atom stereocenters. The Hall–Kier alpha value is -1.65. The van der Waals surface area contributed by atoms with Crippen molar-refractivity contribution in [2.75, 3.05) is 33.7 Å². The van der Waals surface area contributed by atoms with E-state index in [2.05, 4.69) is 23.9 Å². The molecule has 0 radical (unpaired) electrons. The highest BCUT2D eigenvalue weighted by atomic mass is 16.3. The van der Waals surface area contributed by atoms with Gasteiger partial charge in [-0.1, -0.05) is 18.2 Å². The maximum Gasteiger partial charge on any atom is 0.211 e. The van der Waals surface area contributed by atoms with Crippen molar-refractivity contribution in [2.45, 2.75) is 12.5 Å². The molecule has 1 aromatic carbocycles. The van der Waals surface area contributed by atoms with Crippen LogP contribution in [0, 0.1) is 0 Å². The van der Waals surface area contributed by atoms with Crippen LogP contribution in [0.1, 0.15) is 17.0 Å². The number of nitrogens with zero attached hydrogens (tertiary/aromatic N) is 2. The van der Waals surface area contributed by atoms with Gasteiger partial charge in [-0.25, -0.2) is 0 Å². The number of furan rings is 1. The minimum absolute atomic E-state index is 0.0700. The molecule has 1 atom stereocenters. The molecule has 0 saturated carbocycles. The molecular formula is C16H20N2O2. The quantitative estimate of drug-likeness (QED) is 0.800. The zero-order valence-corrected chi connectivity index (χ0v) is 12.0. The summed E-state index contributed by atoms with van der Waals surface area (Å²) < 4.78 is 5.63. The second-order valence-electron chi connectivity index (χ2n) is 5.71. The van der Waals surface area contributed by atoms with Gasteiger partial charge in [0.05, 0.1) is 6.54 Å². The number of benzene rings is 1. The smallest absolute Gasteiger partial charge is 0.211 e. The highest BCUT2D eigenvalue weighted by molar-refractivity contribution is 5.98. The number of ketones is 1. The molecule has 1 aromatic heterocycles. The Morgan fingerprint density at radius 2 is 2.20 bits per heavy atom. The molecule has 1 fully saturated rings. The van der Waals surface area contributed by atoms with Crippen molar-refractivity contribution >= 4 is 16.8 Å². The van der Waals surface area contributed by atoms with Crippen LogP contribution < -0.4 is 0 Å². The van der Waals surface area contributed by atoms with Crippen LogP contribution in [-0.4, -0.2) is 55.4 Å². The number of hydrogen-bond acceptors (Lipinski definition) is 4. The monoisotopic (exact) mass is 272 g/mol. The van der Waals surface area contributed by atoms with Gasteiger partial charge >= 0.3 is 0 Å².